The predicted octanol–water partition coefficient (Wildman–Crippen LogP) is -0.654. The van der Waals surface area contributed by atoms with Gasteiger partial charge in [0, 0.05) is 13.1 Å². The number of hydrogen-bond acceptors (Lipinski definition) is 3. The van der Waals surface area contributed by atoms with Gasteiger partial charge in [0.05, 0.1) is 11.8 Å². The third-order valence-electron chi connectivity index (χ3n) is 3.00. The van der Waals surface area contributed by atoms with Gasteiger partial charge in [-0.2, -0.15) is 0 Å². The molecule has 1 N–H and O–H groups in total. The van der Waals surface area contributed by atoms with Gasteiger partial charge in [0.1, 0.15) is 5.88 Å². The summed E-state index contributed by atoms with van der Waals surface area (Å²) in [6.45, 7) is 0.821. The summed E-state index contributed by atoms with van der Waals surface area (Å²) in [5.41, 5.74) is 0. The van der Waals surface area contributed by atoms with E-state index >= 15 is 0 Å². The van der Waals surface area contributed by atoms with Crippen molar-refractivity contribution in [3.63, 3.8) is 0 Å². The highest BCUT2D eigenvalue weighted by Gasteiger charge is 2.45. The van der Waals surface area contributed by atoms with Crippen LogP contribution >= 0.6 is 11.6 Å². The molecule has 0 aliphatic carbocycles. The third kappa shape index (κ3) is 1.71. The van der Waals surface area contributed by atoms with E-state index in [-0.39, 0.29) is 35.4 Å². The molecule has 2 aliphatic rings. The van der Waals surface area contributed by atoms with Gasteiger partial charge in [-0.3, -0.25) is 19.7 Å². The zero-order valence-electron chi connectivity index (χ0n) is 8.03. The van der Waals surface area contributed by atoms with E-state index in [0.29, 0.717) is 19.5 Å². The topological polar surface area (TPSA) is 66.5 Å². The maximum Gasteiger partial charge on any atom is 0.237 e. The van der Waals surface area contributed by atoms with E-state index in [4.69, 9.17) is 11.6 Å². The number of nitrogens with zero attached hydrogens (tertiary/aromatic N) is 1. The third-order valence-corrected chi connectivity index (χ3v) is 3.23. The van der Waals surface area contributed by atoms with Gasteiger partial charge in [0.15, 0.2) is 0 Å². The average molecular weight is 231 g/mol. The SMILES string of the molecule is O=C1NC(=O)[C@H]2CN(C(=O)CCl)CC[C@H]12. The predicted molar refractivity (Wildman–Crippen MR) is 52.0 cm³/mol. The molecule has 2 saturated heterocycles. The van der Waals surface area contributed by atoms with Gasteiger partial charge >= 0.3 is 0 Å². The summed E-state index contributed by atoms with van der Waals surface area (Å²) < 4.78 is 0. The van der Waals surface area contributed by atoms with Crippen molar-refractivity contribution < 1.29 is 14.4 Å². The highest BCUT2D eigenvalue weighted by Crippen LogP contribution is 2.28. The molecule has 2 heterocycles. The van der Waals surface area contributed by atoms with Crippen molar-refractivity contribution in [2.24, 2.45) is 11.8 Å². The lowest BCUT2D eigenvalue weighted by Crippen LogP contribution is -2.45. The summed E-state index contributed by atoms with van der Waals surface area (Å²) in [5, 5.41) is 2.29. The first kappa shape index (κ1) is 10.4. The van der Waals surface area contributed by atoms with E-state index in [0.717, 1.165) is 0 Å². The van der Waals surface area contributed by atoms with Crippen LogP contribution in [0.15, 0.2) is 0 Å². The Balaban J connectivity index is 2.08. The molecule has 2 atom stereocenters. The molecular formula is C9H11ClN2O3. The smallest absolute Gasteiger partial charge is 0.237 e. The molecule has 3 amide bonds. The van der Waals surface area contributed by atoms with Crippen LogP contribution in [0.5, 0.6) is 0 Å². The fraction of sp³-hybridized carbons (Fsp3) is 0.667. The lowest BCUT2D eigenvalue weighted by Gasteiger charge is -2.31. The van der Waals surface area contributed by atoms with Crippen LogP contribution in [0.4, 0.5) is 0 Å². The molecule has 2 fully saturated rings. The first-order valence-corrected chi connectivity index (χ1v) is 5.35. The quantitative estimate of drug-likeness (QED) is 0.481. The molecule has 5 nitrogen and oxygen atoms in total. The molecule has 2 aliphatic heterocycles. The molecule has 0 aromatic carbocycles. The molecule has 82 valence electrons. The molecule has 15 heavy (non-hydrogen) atoms. The van der Waals surface area contributed by atoms with Crippen molar-refractivity contribution in [1.29, 1.82) is 0 Å². The van der Waals surface area contributed by atoms with Gasteiger partial charge in [-0.1, -0.05) is 0 Å². The van der Waals surface area contributed by atoms with Crippen LogP contribution in [0.25, 0.3) is 0 Å². The van der Waals surface area contributed by atoms with Crippen LogP contribution in [0.1, 0.15) is 6.42 Å². The molecule has 0 spiro atoms. The monoisotopic (exact) mass is 230 g/mol. The van der Waals surface area contributed by atoms with Crippen LogP contribution in [-0.2, 0) is 14.4 Å². The number of alkyl halides is 1. The second kappa shape index (κ2) is 3.81. The van der Waals surface area contributed by atoms with Crippen molar-refractivity contribution in [2.75, 3.05) is 19.0 Å². The Morgan fingerprint density at radius 2 is 2.07 bits per heavy atom. The minimum atomic E-state index is -0.376. The Morgan fingerprint density at radius 1 is 1.40 bits per heavy atom. The molecule has 0 radical (unpaired) electrons. The highest BCUT2D eigenvalue weighted by atomic mass is 35.5. The van der Waals surface area contributed by atoms with Gasteiger partial charge < -0.3 is 4.90 Å². The largest absolute Gasteiger partial charge is 0.341 e. The zero-order valence-corrected chi connectivity index (χ0v) is 8.79. The second-order valence-electron chi connectivity index (χ2n) is 3.83. The van der Waals surface area contributed by atoms with Crippen LogP contribution in [0.2, 0.25) is 0 Å². The number of amides is 3. The number of nitrogens with one attached hydrogen (secondary N) is 1. The number of hydrogen-bond donors (Lipinski definition) is 1. The fourth-order valence-electron chi connectivity index (χ4n) is 2.15. The van der Waals surface area contributed by atoms with Crippen LogP contribution in [0.3, 0.4) is 0 Å². The fourth-order valence-corrected chi connectivity index (χ4v) is 2.32. The Labute approximate surface area is 91.7 Å². The number of imide groups is 1. The van der Waals surface area contributed by atoms with Crippen molar-refractivity contribution >= 4 is 29.3 Å². The molecule has 0 aromatic heterocycles. The molecule has 0 bridgehead atoms. The lowest BCUT2D eigenvalue weighted by atomic mass is 9.88. The number of piperidine rings is 1. The van der Waals surface area contributed by atoms with Crippen molar-refractivity contribution in [2.45, 2.75) is 6.42 Å². The van der Waals surface area contributed by atoms with Crippen molar-refractivity contribution in [1.82, 2.24) is 10.2 Å². The first-order chi connectivity index (χ1) is 7.13. The Hall–Kier alpha value is -1.10. The highest BCUT2D eigenvalue weighted by molar-refractivity contribution is 6.27. The molecule has 0 unspecified atom stereocenters. The number of halogens is 1. The number of carbonyl (C=O) groups excluding carboxylic acids is 3. The maximum absolute atomic E-state index is 11.4. The van der Waals surface area contributed by atoms with Gasteiger partial charge in [-0.15, -0.1) is 11.6 Å². The van der Waals surface area contributed by atoms with E-state index in [1.807, 2.05) is 0 Å². The molecular weight excluding hydrogens is 220 g/mol. The molecule has 2 rings (SSSR count). The van der Waals surface area contributed by atoms with Crippen molar-refractivity contribution in [3.05, 3.63) is 0 Å². The molecule has 0 saturated carbocycles. The normalized spacial score (nSPS) is 30.1. The second-order valence-corrected chi connectivity index (χ2v) is 4.10. The summed E-state index contributed by atoms with van der Waals surface area (Å²) >= 11 is 5.43. The summed E-state index contributed by atoms with van der Waals surface area (Å²) in [6.07, 6.45) is 0.546. The van der Waals surface area contributed by atoms with Gasteiger partial charge in [0.2, 0.25) is 17.7 Å². The van der Waals surface area contributed by atoms with Gasteiger partial charge in [0.25, 0.3) is 0 Å². The van der Waals surface area contributed by atoms with Crippen LogP contribution in [-0.4, -0.2) is 41.6 Å². The Kier molecular flexibility index (Phi) is 2.65. The number of carbonyl (C=O) groups is 3. The van der Waals surface area contributed by atoms with Crippen molar-refractivity contribution in [3.8, 4) is 0 Å². The van der Waals surface area contributed by atoms with Crippen LogP contribution in [0, 0.1) is 11.8 Å². The summed E-state index contributed by atoms with van der Waals surface area (Å²) in [5.74, 6) is -1.36. The van der Waals surface area contributed by atoms with E-state index < -0.39 is 0 Å². The number of likely N-dealkylation sites (tertiary alicyclic amines) is 1. The molecule has 6 heteroatoms. The number of rotatable bonds is 1. The Bertz CT molecular complexity index is 331. The number of fused-ring (bicyclic) bond motifs is 1. The summed E-state index contributed by atoms with van der Waals surface area (Å²) in [7, 11) is 0. The van der Waals surface area contributed by atoms with E-state index in [9.17, 15) is 14.4 Å². The van der Waals surface area contributed by atoms with Gasteiger partial charge in [-0.05, 0) is 6.42 Å². The zero-order chi connectivity index (χ0) is 11.0. The van der Waals surface area contributed by atoms with Gasteiger partial charge in [-0.25, -0.2) is 0 Å². The standard InChI is InChI=1S/C9H11ClN2O3/c10-3-7(13)12-2-1-5-6(4-12)9(15)11-8(5)14/h5-6H,1-4H2,(H,11,14,15)/t5-,6-/m0/s1. The van der Waals surface area contributed by atoms with E-state index in [2.05, 4.69) is 5.32 Å². The molecule has 0 aromatic rings. The van der Waals surface area contributed by atoms with E-state index in [1.165, 1.54) is 0 Å². The van der Waals surface area contributed by atoms with Crippen LogP contribution < -0.4 is 5.32 Å². The minimum Gasteiger partial charge on any atom is -0.341 e. The summed E-state index contributed by atoms with van der Waals surface area (Å²) in [4.78, 5) is 35.5. The van der Waals surface area contributed by atoms with E-state index in [1.54, 1.807) is 4.90 Å². The maximum atomic E-state index is 11.4. The first-order valence-electron chi connectivity index (χ1n) is 4.82. The lowest BCUT2D eigenvalue weighted by molar-refractivity contribution is -0.134. The summed E-state index contributed by atoms with van der Waals surface area (Å²) in [6, 6.07) is 0. The average Bonchev–Trinajstić information content (AvgIpc) is 2.53. The minimum absolute atomic E-state index is 0.0764. The Morgan fingerprint density at radius 3 is 2.73 bits per heavy atom.